The molecule has 1 saturated heterocycles. The molecule has 1 aromatic rings. The maximum atomic E-state index is 12.3. The number of carbonyl (C=O) groups excluding carboxylic acids is 2. The van der Waals surface area contributed by atoms with Crippen molar-refractivity contribution in [3.05, 3.63) is 33.4 Å². The first-order valence-electron chi connectivity index (χ1n) is 5.44. The van der Waals surface area contributed by atoms with Crippen LogP contribution in [0.15, 0.2) is 24.3 Å². The van der Waals surface area contributed by atoms with Gasteiger partial charge in [0, 0.05) is 16.7 Å². The summed E-state index contributed by atoms with van der Waals surface area (Å²) < 4.78 is 0.910. The van der Waals surface area contributed by atoms with Crippen LogP contribution in [0.1, 0.15) is 17.3 Å². The first-order valence-corrected chi connectivity index (χ1v) is 6.52. The molecule has 0 radical (unpaired) electrons. The molecule has 0 aliphatic carbocycles. The summed E-state index contributed by atoms with van der Waals surface area (Å²) >= 11 is 2.14. The molecular formula is C12H13IN2O2. The van der Waals surface area contributed by atoms with E-state index in [1.807, 2.05) is 18.2 Å². The van der Waals surface area contributed by atoms with E-state index in [4.69, 9.17) is 0 Å². The third-order valence-corrected chi connectivity index (χ3v) is 3.80. The predicted molar refractivity (Wildman–Crippen MR) is 72.7 cm³/mol. The Kier molecular flexibility index (Phi) is 3.66. The van der Waals surface area contributed by atoms with E-state index in [2.05, 4.69) is 27.9 Å². The molecule has 1 heterocycles. The summed E-state index contributed by atoms with van der Waals surface area (Å²) in [5.41, 5.74) is 0.662. The smallest absolute Gasteiger partial charge is 0.255 e. The molecule has 2 rings (SSSR count). The second kappa shape index (κ2) is 5.03. The highest BCUT2D eigenvalue weighted by Crippen LogP contribution is 2.16. The first-order chi connectivity index (χ1) is 8.11. The lowest BCUT2D eigenvalue weighted by Crippen LogP contribution is -2.55. The molecule has 5 heteroatoms. The third kappa shape index (κ3) is 2.43. The molecule has 0 saturated carbocycles. The molecule has 4 nitrogen and oxygen atoms in total. The fourth-order valence-electron chi connectivity index (χ4n) is 1.85. The van der Waals surface area contributed by atoms with Crippen LogP contribution in [-0.2, 0) is 4.79 Å². The van der Waals surface area contributed by atoms with Crippen molar-refractivity contribution in [1.29, 1.82) is 0 Å². The third-order valence-electron chi connectivity index (χ3n) is 2.86. The number of nitrogens with one attached hydrogen (secondary N) is 1. The van der Waals surface area contributed by atoms with Gasteiger partial charge in [0.05, 0.1) is 5.56 Å². The van der Waals surface area contributed by atoms with Crippen molar-refractivity contribution < 1.29 is 9.59 Å². The lowest BCUT2D eigenvalue weighted by atomic mass is 10.1. The number of piperazine rings is 1. The van der Waals surface area contributed by atoms with Crippen molar-refractivity contribution >= 4 is 34.4 Å². The minimum Gasteiger partial charge on any atom is -0.353 e. The molecule has 1 aliphatic rings. The average Bonchev–Trinajstić information content (AvgIpc) is 2.32. The van der Waals surface area contributed by atoms with E-state index >= 15 is 0 Å². The Morgan fingerprint density at radius 2 is 2.18 bits per heavy atom. The summed E-state index contributed by atoms with van der Waals surface area (Å²) in [5, 5.41) is 2.75. The van der Waals surface area contributed by atoms with Gasteiger partial charge in [0.1, 0.15) is 6.04 Å². The fourth-order valence-corrected chi connectivity index (χ4v) is 2.47. The molecule has 0 bridgehead atoms. The maximum Gasteiger partial charge on any atom is 0.255 e. The van der Waals surface area contributed by atoms with Crippen LogP contribution in [-0.4, -0.2) is 35.8 Å². The Balaban J connectivity index is 2.26. The molecule has 1 N–H and O–H groups in total. The van der Waals surface area contributed by atoms with Gasteiger partial charge in [-0.2, -0.15) is 0 Å². The van der Waals surface area contributed by atoms with Crippen LogP contribution in [0.25, 0.3) is 0 Å². The zero-order valence-electron chi connectivity index (χ0n) is 9.44. The lowest BCUT2D eigenvalue weighted by molar-refractivity contribution is -0.127. The standard InChI is InChI=1S/C12H13IN2O2/c1-8-11(16)14-6-7-15(8)12(17)9-4-2-3-5-10(9)13/h2-5,8H,6-7H2,1H3,(H,14,16). The number of amides is 2. The van der Waals surface area contributed by atoms with E-state index in [0.29, 0.717) is 18.7 Å². The number of nitrogens with zero attached hydrogens (tertiary/aromatic N) is 1. The molecule has 0 aromatic heterocycles. The quantitative estimate of drug-likeness (QED) is 0.780. The summed E-state index contributed by atoms with van der Waals surface area (Å²) in [4.78, 5) is 25.5. The summed E-state index contributed by atoms with van der Waals surface area (Å²) in [6.07, 6.45) is 0. The van der Waals surface area contributed by atoms with Crippen molar-refractivity contribution in [2.45, 2.75) is 13.0 Å². The minimum atomic E-state index is -0.396. The largest absolute Gasteiger partial charge is 0.353 e. The van der Waals surface area contributed by atoms with E-state index in [-0.39, 0.29) is 11.8 Å². The van der Waals surface area contributed by atoms with Crippen LogP contribution in [0.3, 0.4) is 0 Å². The van der Waals surface area contributed by atoms with Crippen LogP contribution in [0.2, 0.25) is 0 Å². The topological polar surface area (TPSA) is 49.4 Å². The average molecular weight is 344 g/mol. The molecule has 1 fully saturated rings. The van der Waals surface area contributed by atoms with Gasteiger partial charge in [0.15, 0.2) is 0 Å². The van der Waals surface area contributed by atoms with Crippen LogP contribution in [0, 0.1) is 3.57 Å². The highest BCUT2D eigenvalue weighted by Gasteiger charge is 2.30. The Bertz CT molecular complexity index is 462. The number of halogens is 1. The van der Waals surface area contributed by atoms with E-state index in [0.717, 1.165) is 3.57 Å². The molecule has 0 spiro atoms. The van der Waals surface area contributed by atoms with Gasteiger partial charge in [-0.1, -0.05) is 12.1 Å². The molecule has 1 unspecified atom stereocenters. The summed E-state index contributed by atoms with van der Waals surface area (Å²) in [7, 11) is 0. The van der Waals surface area contributed by atoms with Crippen LogP contribution >= 0.6 is 22.6 Å². The fraction of sp³-hybridized carbons (Fsp3) is 0.333. The molecular weight excluding hydrogens is 331 g/mol. The van der Waals surface area contributed by atoms with Gasteiger partial charge in [-0.25, -0.2) is 0 Å². The predicted octanol–water partition coefficient (Wildman–Crippen LogP) is 1.25. The molecule has 90 valence electrons. The minimum absolute atomic E-state index is 0.0719. The highest BCUT2D eigenvalue weighted by molar-refractivity contribution is 14.1. The van der Waals surface area contributed by atoms with Crippen LogP contribution < -0.4 is 5.32 Å². The van der Waals surface area contributed by atoms with Gasteiger partial charge >= 0.3 is 0 Å². The number of benzene rings is 1. The van der Waals surface area contributed by atoms with Crippen LogP contribution in [0.5, 0.6) is 0 Å². The van der Waals surface area contributed by atoms with Crippen molar-refractivity contribution in [2.24, 2.45) is 0 Å². The molecule has 1 atom stereocenters. The van der Waals surface area contributed by atoms with Gasteiger partial charge in [-0.3, -0.25) is 9.59 Å². The van der Waals surface area contributed by atoms with Crippen molar-refractivity contribution in [3.63, 3.8) is 0 Å². The highest BCUT2D eigenvalue weighted by atomic mass is 127. The summed E-state index contributed by atoms with van der Waals surface area (Å²) in [6.45, 7) is 2.84. The Morgan fingerprint density at radius 3 is 2.88 bits per heavy atom. The SMILES string of the molecule is CC1C(=O)NCCN1C(=O)c1ccccc1I. The van der Waals surface area contributed by atoms with E-state index < -0.39 is 6.04 Å². The number of hydrogen-bond acceptors (Lipinski definition) is 2. The van der Waals surface area contributed by atoms with Gasteiger partial charge in [0.2, 0.25) is 5.91 Å². The van der Waals surface area contributed by atoms with Crippen molar-refractivity contribution in [2.75, 3.05) is 13.1 Å². The van der Waals surface area contributed by atoms with Crippen molar-refractivity contribution in [3.8, 4) is 0 Å². The van der Waals surface area contributed by atoms with Gasteiger partial charge in [-0.15, -0.1) is 0 Å². The molecule has 2 amide bonds. The Morgan fingerprint density at radius 1 is 1.47 bits per heavy atom. The zero-order valence-corrected chi connectivity index (χ0v) is 11.6. The number of hydrogen-bond donors (Lipinski definition) is 1. The first kappa shape index (κ1) is 12.3. The Hall–Kier alpha value is -1.11. The van der Waals surface area contributed by atoms with Gasteiger partial charge in [-0.05, 0) is 41.6 Å². The number of rotatable bonds is 1. The second-order valence-corrected chi connectivity index (χ2v) is 5.11. The van der Waals surface area contributed by atoms with Crippen LogP contribution in [0.4, 0.5) is 0 Å². The monoisotopic (exact) mass is 344 g/mol. The number of carbonyl (C=O) groups is 2. The molecule has 1 aromatic carbocycles. The van der Waals surface area contributed by atoms with E-state index in [1.54, 1.807) is 17.9 Å². The normalized spacial score (nSPS) is 20.0. The second-order valence-electron chi connectivity index (χ2n) is 3.95. The maximum absolute atomic E-state index is 12.3. The van der Waals surface area contributed by atoms with E-state index in [9.17, 15) is 9.59 Å². The summed E-state index contributed by atoms with van der Waals surface area (Å²) in [5.74, 6) is -0.159. The van der Waals surface area contributed by atoms with Crippen molar-refractivity contribution in [1.82, 2.24) is 10.2 Å². The molecule has 1 aliphatic heterocycles. The lowest BCUT2D eigenvalue weighted by Gasteiger charge is -2.33. The van der Waals surface area contributed by atoms with Gasteiger partial charge in [0.25, 0.3) is 5.91 Å². The van der Waals surface area contributed by atoms with E-state index in [1.165, 1.54) is 0 Å². The Labute approximate surface area is 114 Å². The van der Waals surface area contributed by atoms with Gasteiger partial charge < -0.3 is 10.2 Å². The summed E-state index contributed by atoms with van der Waals surface area (Å²) in [6, 6.07) is 7.02. The zero-order chi connectivity index (χ0) is 12.4. The molecule has 17 heavy (non-hydrogen) atoms.